The highest BCUT2D eigenvalue weighted by Crippen LogP contribution is 2.37. The molecule has 0 aromatic carbocycles. The first-order chi connectivity index (χ1) is 11.3. The van der Waals surface area contributed by atoms with Crippen molar-refractivity contribution in [1.82, 2.24) is 21.5 Å². The van der Waals surface area contributed by atoms with Gasteiger partial charge in [0.05, 0.1) is 12.8 Å². The van der Waals surface area contributed by atoms with E-state index in [4.69, 9.17) is 16.3 Å². The van der Waals surface area contributed by atoms with E-state index in [1.807, 2.05) is 0 Å². The van der Waals surface area contributed by atoms with Crippen molar-refractivity contribution in [1.29, 1.82) is 0 Å². The molecule has 4 fully saturated rings. The van der Waals surface area contributed by atoms with Gasteiger partial charge in [-0.1, -0.05) is 0 Å². The number of rotatable bonds is 3. The van der Waals surface area contributed by atoms with Gasteiger partial charge in [-0.05, 0) is 69.4 Å². The summed E-state index contributed by atoms with van der Waals surface area (Å²) in [5.41, 5.74) is 7.32. The van der Waals surface area contributed by atoms with Gasteiger partial charge in [0, 0.05) is 24.1 Å². The zero-order chi connectivity index (χ0) is 15.6. The summed E-state index contributed by atoms with van der Waals surface area (Å²) in [6.45, 7) is 4.04. The average Bonchev–Trinajstić information content (AvgIpc) is 3.09. The summed E-state index contributed by atoms with van der Waals surface area (Å²) in [5.74, 6) is 2.18. The van der Waals surface area contributed by atoms with E-state index in [9.17, 15) is 0 Å². The maximum Gasteiger partial charge on any atom is 0.0739 e. The molecular weight excluding hydrogens is 312 g/mol. The first-order valence-corrected chi connectivity index (χ1v) is 9.94. The van der Waals surface area contributed by atoms with E-state index in [1.54, 1.807) is 0 Å². The van der Waals surface area contributed by atoms with Crippen LogP contribution in [-0.2, 0) is 4.74 Å². The minimum absolute atomic E-state index is 0.370. The Balaban J connectivity index is 1.41. The highest BCUT2D eigenvalue weighted by Gasteiger charge is 2.44. The lowest BCUT2D eigenvalue weighted by molar-refractivity contribution is 0.0280. The number of piperidine rings is 1. The topological polar surface area (TPSA) is 57.3 Å². The van der Waals surface area contributed by atoms with Gasteiger partial charge < -0.3 is 10.1 Å². The molecule has 0 radical (unpaired) electrons. The van der Waals surface area contributed by atoms with Gasteiger partial charge in [0.15, 0.2) is 0 Å². The van der Waals surface area contributed by atoms with E-state index in [0.29, 0.717) is 35.5 Å². The zero-order valence-electron chi connectivity index (χ0n) is 13.9. The van der Waals surface area contributed by atoms with Gasteiger partial charge in [0.1, 0.15) is 0 Å². The lowest BCUT2D eigenvalue weighted by Crippen LogP contribution is -2.70. The molecule has 132 valence electrons. The molecule has 5 atom stereocenters. The molecule has 4 aliphatic rings. The van der Waals surface area contributed by atoms with Crippen LogP contribution >= 0.6 is 11.6 Å². The van der Waals surface area contributed by atoms with Crippen LogP contribution in [0.4, 0.5) is 0 Å². The maximum absolute atomic E-state index is 6.31. The van der Waals surface area contributed by atoms with Gasteiger partial charge in [-0.3, -0.25) is 10.7 Å². The van der Waals surface area contributed by atoms with E-state index < -0.39 is 0 Å². The second-order valence-corrected chi connectivity index (χ2v) is 8.47. The lowest BCUT2D eigenvalue weighted by atomic mass is 9.70. The summed E-state index contributed by atoms with van der Waals surface area (Å²) < 4.78 is 5.53. The molecule has 1 aliphatic carbocycles. The van der Waals surface area contributed by atoms with Crippen molar-refractivity contribution < 1.29 is 4.74 Å². The number of alkyl halides is 1. The third kappa shape index (κ3) is 3.70. The van der Waals surface area contributed by atoms with Crippen LogP contribution in [0.25, 0.3) is 0 Å². The monoisotopic (exact) mass is 342 g/mol. The SMILES string of the molecule is ClC1CCC(C2NNC(N[C@H]3CCOC3)C3CCNCC32)CC1. The first kappa shape index (κ1) is 16.6. The highest BCUT2D eigenvalue weighted by molar-refractivity contribution is 6.20. The molecule has 0 aromatic rings. The number of hydrazine groups is 1. The predicted octanol–water partition coefficient (Wildman–Crippen LogP) is 1.19. The predicted molar refractivity (Wildman–Crippen MR) is 92.3 cm³/mol. The summed E-state index contributed by atoms with van der Waals surface area (Å²) in [6, 6.07) is 1.09. The van der Waals surface area contributed by atoms with Crippen molar-refractivity contribution in [3.63, 3.8) is 0 Å². The smallest absolute Gasteiger partial charge is 0.0739 e. The minimum Gasteiger partial charge on any atom is -0.380 e. The molecule has 3 heterocycles. The van der Waals surface area contributed by atoms with Crippen molar-refractivity contribution in [2.24, 2.45) is 17.8 Å². The highest BCUT2D eigenvalue weighted by atomic mass is 35.5. The molecule has 1 saturated carbocycles. The summed E-state index contributed by atoms with van der Waals surface area (Å²) in [4.78, 5) is 0. The fourth-order valence-electron chi connectivity index (χ4n) is 5.10. The molecule has 6 heteroatoms. The molecule has 3 saturated heterocycles. The number of nitrogens with one attached hydrogen (secondary N) is 4. The van der Waals surface area contributed by atoms with Gasteiger partial charge in [0.2, 0.25) is 0 Å². The molecule has 0 amide bonds. The molecule has 4 unspecified atom stereocenters. The number of halogens is 1. The van der Waals surface area contributed by atoms with Crippen LogP contribution in [0.1, 0.15) is 38.5 Å². The van der Waals surface area contributed by atoms with E-state index in [2.05, 4.69) is 21.5 Å². The Hall–Kier alpha value is 0.0900. The largest absolute Gasteiger partial charge is 0.380 e. The summed E-state index contributed by atoms with van der Waals surface area (Å²) in [6.07, 6.45) is 7.65. The Bertz CT molecular complexity index is 385. The van der Waals surface area contributed by atoms with Gasteiger partial charge >= 0.3 is 0 Å². The molecule has 0 bridgehead atoms. The molecule has 0 spiro atoms. The number of hydrogen-bond donors (Lipinski definition) is 4. The molecule has 4 rings (SSSR count). The normalized spacial score (nSPS) is 48.1. The molecule has 3 aliphatic heterocycles. The van der Waals surface area contributed by atoms with Gasteiger partial charge in [-0.15, -0.1) is 11.6 Å². The van der Waals surface area contributed by atoms with Crippen molar-refractivity contribution in [2.45, 2.75) is 62.2 Å². The molecular formula is C17H31ClN4O. The summed E-state index contributed by atoms with van der Waals surface area (Å²) in [5, 5.41) is 7.83. The minimum atomic E-state index is 0.370. The number of hydrogen-bond acceptors (Lipinski definition) is 5. The van der Waals surface area contributed by atoms with Crippen LogP contribution in [0, 0.1) is 17.8 Å². The third-order valence-corrected chi connectivity index (χ3v) is 6.87. The zero-order valence-corrected chi connectivity index (χ0v) is 14.7. The van der Waals surface area contributed by atoms with Crippen LogP contribution in [0.2, 0.25) is 0 Å². The fraction of sp³-hybridized carbons (Fsp3) is 1.00. The van der Waals surface area contributed by atoms with Crippen molar-refractivity contribution in [3.05, 3.63) is 0 Å². The molecule has 23 heavy (non-hydrogen) atoms. The van der Waals surface area contributed by atoms with Gasteiger partial charge in [0.25, 0.3) is 0 Å². The molecule has 4 N–H and O–H groups in total. The van der Waals surface area contributed by atoms with Gasteiger partial charge in [-0.25, -0.2) is 5.43 Å². The van der Waals surface area contributed by atoms with Crippen LogP contribution < -0.4 is 21.5 Å². The Morgan fingerprint density at radius 1 is 0.957 bits per heavy atom. The average molecular weight is 343 g/mol. The van der Waals surface area contributed by atoms with Crippen LogP contribution in [-0.4, -0.2) is 49.9 Å². The fourth-order valence-corrected chi connectivity index (χ4v) is 5.35. The second kappa shape index (κ2) is 7.54. The first-order valence-electron chi connectivity index (χ1n) is 9.51. The van der Waals surface area contributed by atoms with E-state index in [1.165, 1.54) is 32.1 Å². The summed E-state index contributed by atoms with van der Waals surface area (Å²) in [7, 11) is 0. The van der Waals surface area contributed by atoms with Crippen molar-refractivity contribution in [3.8, 4) is 0 Å². The van der Waals surface area contributed by atoms with Gasteiger partial charge in [-0.2, -0.15) is 0 Å². The molecule has 0 aromatic heterocycles. The van der Waals surface area contributed by atoms with E-state index in [-0.39, 0.29) is 0 Å². The second-order valence-electron chi connectivity index (χ2n) is 7.85. The maximum atomic E-state index is 6.31. The number of fused-ring (bicyclic) bond motifs is 1. The third-order valence-electron chi connectivity index (χ3n) is 6.43. The quantitative estimate of drug-likeness (QED) is 0.581. The van der Waals surface area contributed by atoms with E-state index in [0.717, 1.165) is 38.6 Å². The standard InChI is InChI=1S/C17H31ClN4O/c18-12-3-1-11(2-4-12)16-15-9-19-7-5-14(15)17(22-21-16)20-13-6-8-23-10-13/h11-17,19-22H,1-10H2/t11?,12?,13-,14?,15?,16?,17?/m0/s1. The van der Waals surface area contributed by atoms with Crippen molar-refractivity contribution >= 4 is 11.6 Å². The van der Waals surface area contributed by atoms with Crippen molar-refractivity contribution in [2.75, 3.05) is 26.3 Å². The summed E-state index contributed by atoms with van der Waals surface area (Å²) >= 11 is 6.31. The van der Waals surface area contributed by atoms with Crippen LogP contribution in [0.3, 0.4) is 0 Å². The Kier molecular flexibility index (Phi) is 5.43. The molecule has 5 nitrogen and oxygen atoms in total. The van der Waals surface area contributed by atoms with E-state index >= 15 is 0 Å². The lowest BCUT2D eigenvalue weighted by Gasteiger charge is -2.50. The Morgan fingerprint density at radius 3 is 2.61 bits per heavy atom. The van der Waals surface area contributed by atoms with Crippen LogP contribution in [0.15, 0.2) is 0 Å². The van der Waals surface area contributed by atoms with Crippen LogP contribution in [0.5, 0.6) is 0 Å². The number of ether oxygens (including phenoxy) is 1. The Morgan fingerprint density at radius 2 is 1.83 bits per heavy atom. The Labute approximate surface area is 144 Å².